The fourth-order valence-electron chi connectivity index (χ4n) is 4.38. The molecular formula is C30H31FO4. The molecular weight excluding hydrogens is 443 g/mol. The van der Waals surface area contributed by atoms with Gasteiger partial charge in [-0.05, 0) is 79.1 Å². The molecule has 0 saturated carbocycles. The lowest BCUT2D eigenvalue weighted by molar-refractivity contribution is -0.122. The van der Waals surface area contributed by atoms with Gasteiger partial charge in [0.1, 0.15) is 19.0 Å². The zero-order chi connectivity index (χ0) is 24.9. The SMILES string of the molecule is CC(=O)C(CO)CCc1ccc(C)c(/C=C/c2cccc(-c3ccc4c(c3F)OCCO4)c2C)c1. The maximum Gasteiger partial charge on any atom is 0.197 e. The predicted molar refractivity (Wildman–Crippen MR) is 137 cm³/mol. The van der Waals surface area contributed by atoms with Gasteiger partial charge in [-0.15, -0.1) is 0 Å². The van der Waals surface area contributed by atoms with E-state index in [1.54, 1.807) is 12.1 Å². The number of ether oxygens (including phenoxy) is 2. The molecule has 35 heavy (non-hydrogen) atoms. The molecule has 4 rings (SSSR count). The van der Waals surface area contributed by atoms with Crippen molar-refractivity contribution >= 4 is 17.9 Å². The Labute approximate surface area is 206 Å². The normalized spacial score (nSPS) is 13.7. The number of carbonyl (C=O) groups excluding carboxylic acids is 1. The second-order valence-electron chi connectivity index (χ2n) is 9.02. The molecule has 0 aliphatic carbocycles. The van der Waals surface area contributed by atoms with Crippen LogP contribution in [0.5, 0.6) is 11.5 Å². The molecule has 1 atom stereocenters. The first-order chi connectivity index (χ1) is 16.9. The third-order valence-corrected chi connectivity index (χ3v) is 6.68. The summed E-state index contributed by atoms with van der Waals surface area (Å²) in [4.78, 5) is 11.6. The Balaban J connectivity index is 1.59. The van der Waals surface area contributed by atoms with Gasteiger partial charge in [-0.3, -0.25) is 4.79 Å². The fourth-order valence-corrected chi connectivity index (χ4v) is 4.38. The van der Waals surface area contributed by atoms with Crippen LogP contribution in [0.2, 0.25) is 0 Å². The topological polar surface area (TPSA) is 55.8 Å². The van der Waals surface area contributed by atoms with Crippen molar-refractivity contribution in [1.29, 1.82) is 0 Å². The number of aliphatic hydroxyl groups is 1. The number of aryl methyl sites for hydroxylation is 2. The quantitative estimate of drug-likeness (QED) is 0.396. The number of halogens is 1. The molecule has 0 spiro atoms. The van der Waals surface area contributed by atoms with Crippen LogP contribution in [0.1, 0.15) is 41.2 Å². The van der Waals surface area contributed by atoms with Crippen LogP contribution in [-0.4, -0.2) is 30.7 Å². The van der Waals surface area contributed by atoms with Crippen LogP contribution in [0.4, 0.5) is 4.39 Å². The van der Waals surface area contributed by atoms with Crippen molar-refractivity contribution in [3.05, 3.63) is 82.2 Å². The standard InChI is InChI=1S/C30H31FO4/c1-19-7-8-22(9-10-25(18-32)21(3)33)17-24(19)12-11-23-5-4-6-26(20(23)2)27-13-14-28-30(29(27)31)35-16-15-34-28/h4-8,11-14,17,25,32H,9-10,15-16,18H2,1-3H3/b12-11+. The van der Waals surface area contributed by atoms with Crippen LogP contribution in [0.3, 0.4) is 0 Å². The summed E-state index contributed by atoms with van der Waals surface area (Å²) in [5.41, 5.74) is 6.62. The summed E-state index contributed by atoms with van der Waals surface area (Å²) >= 11 is 0. The zero-order valence-corrected chi connectivity index (χ0v) is 20.4. The third kappa shape index (κ3) is 5.46. The predicted octanol–water partition coefficient (Wildman–Crippen LogP) is 6.18. The van der Waals surface area contributed by atoms with Crippen molar-refractivity contribution in [2.24, 2.45) is 5.92 Å². The summed E-state index contributed by atoms with van der Waals surface area (Å²) in [6, 6.07) is 15.6. The van der Waals surface area contributed by atoms with Crippen molar-refractivity contribution in [3.8, 4) is 22.6 Å². The van der Waals surface area contributed by atoms with Crippen LogP contribution in [0.15, 0.2) is 48.5 Å². The van der Waals surface area contributed by atoms with Crippen LogP contribution in [0, 0.1) is 25.6 Å². The lowest BCUT2D eigenvalue weighted by Gasteiger charge is -2.20. The summed E-state index contributed by atoms with van der Waals surface area (Å²) in [7, 11) is 0. The number of aliphatic hydroxyl groups excluding tert-OH is 1. The number of benzene rings is 3. The first-order valence-corrected chi connectivity index (χ1v) is 12.0. The largest absolute Gasteiger partial charge is 0.486 e. The highest BCUT2D eigenvalue weighted by atomic mass is 19.1. The average molecular weight is 475 g/mol. The first-order valence-electron chi connectivity index (χ1n) is 12.0. The molecule has 0 saturated heterocycles. The van der Waals surface area contributed by atoms with Gasteiger partial charge >= 0.3 is 0 Å². The Morgan fingerprint density at radius 3 is 2.57 bits per heavy atom. The number of ketones is 1. The molecule has 1 aliphatic rings. The average Bonchev–Trinajstić information content (AvgIpc) is 2.86. The van der Waals surface area contributed by atoms with E-state index in [0.717, 1.165) is 39.8 Å². The highest BCUT2D eigenvalue weighted by molar-refractivity contribution is 5.79. The minimum atomic E-state index is -0.401. The van der Waals surface area contributed by atoms with Crippen LogP contribution >= 0.6 is 0 Å². The van der Waals surface area contributed by atoms with Gasteiger partial charge < -0.3 is 14.6 Å². The van der Waals surface area contributed by atoms with E-state index in [9.17, 15) is 9.90 Å². The highest BCUT2D eigenvalue weighted by Crippen LogP contribution is 2.40. The van der Waals surface area contributed by atoms with Gasteiger partial charge in [0, 0.05) is 11.5 Å². The van der Waals surface area contributed by atoms with Crippen LogP contribution in [0.25, 0.3) is 23.3 Å². The fraction of sp³-hybridized carbons (Fsp3) is 0.300. The number of carbonyl (C=O) groups is 1. The molecule has 0 fully saturated rings. The lowest BCUT2D eigenvalue weighted by Crippen LogP contribution is -2.16. The molecule has 4 nitrogen and oxygen atoms in total. The van der Waals surface area contributed by atoms with Gasteiger partial charge in [0.05, 0.1) is 6.61 Å². The third-order valence-electron chi connectivity index (χ3n) is 6.68. The van der Waals surface area contributed by atoms with E-state index in [0.29, 0.717) is 30.9 Å². The maximum atomic E-state index is 15.2. The number of Topliss-reactive ketones (excluding diaryl/α,β-unsaturated/α-hetero) is 1. The van der Waals surface area contributed by atoms with Crippen molar-refractivity contribution in [1.82, 2.24) is 0 Å². The Morgan fingerprint density at radius 2 is 1.80 bits per heavy atom. The molecule has 0 aromatic heterocycles. The van der Waals surface area contributed by atoms with Crippen molar-refractivity contribution < 1.29 is 23.8 Å². The summed E-state index contributed by atoms with van der Waals surface area (Å²) in [6.45, 7) is 6.22. The van der Waals surface area contributed by atoms with Gasteiger partial charge in [0.25, 0.3) is 0 Å². The number of fused-ring (bicyclic) bond motifs is 1. The number of rotatable bonds is 8. The summed E-state index contributed by atoms with van der Waals surface area (Å²) in [6.07, 6.45) is 5.47. The summed E-state index contributed by atoms with van der Waals surface area (Å²) in [5.74, 6) is -0.0854. The zero-order valence-electron chi connectivity index (χ0n) is 20.4. The monoisotopic (exact) mass is 474 g/mol. The maximum absolute atomic E-state index is 15.2. The molecule has 3 aromatic carbocycles. The second-order valence-corrected chi connectivity index (χ2v) is 9.02. The van der Waals surface area contributed by atoms with Crippen LogP contribution in [-0.2, 0) is 11.2 Å². The van der Waals surface area contributed by atoms with E-state index < -0.39 is 5.82 Å². The first kappa shape index (κ1) is 24.7. The molecule has 3 aromatic rings. The molecule has 0 radical (unpaired) electrons. The molecule has 0 amide bonds. The van der Waals surface area contributed by atoms with E-state index in [2.05, 4.69) is 31.2 Å². The van der Waals surface area contributed by atoms with Gasteiger partial charge in [0.15, 0.2) is 17.3 Å². The minimum absolute atomic E-state index is 0.0181. The number of hydrogen-bond acceptors (Lipinski definition) is 4. The Hall–Kier alpha value is -3.44. The lowest BCUT2D eigenvalue weighted by atomic mass is 9.93. The highest BCUT2D eigenvalue weighted by Gasteiger charge is 2.21. The van der Waals surface area contributed by atoms with E-state index in [1.807, 2.05) is 31.2 Å². The molecule has 1 N–H and O–H groups in total. The Kier molecular flexibility index (Phi) is 7.67. The summed E-state index contributed by atoms with van der Waals surface area (Å²) < 4.78 is 26.3. The molecule has 5 heteroatoms. The van der Waals surface area contributed by atoms with Gasteiger partial charge in [-0.25, -0.2) is 4.39 Å². The summed E-state index contributed by atoms with van der Waals surface area (Å²) in [5, 5.41) is 9.42. The van der Waals surface area contributed by atoms with E-state index in [4.69, 9.17) is 9.47 Å². The molecule has 182 valence electrons. The molecule has 1 aliphatic heterocycles. The number of hydrogen-bond donors (Lipinski definition) is 1. The molecule has 1 heterocycles. The van der Waals surface area contributed by atoms with Gasteiger partial charge in [0.2, 0.25) is 0 Å². The van der Waals surface area contributed by atoms with Gasteiger partial charge in [-0.1, -0.05) is 48.6 Å². The van der Waals surface area contributed by atoms with E-state index in [1.165, 1.54) is 6.92 Å². The minimum Gasteiger partial charge on any atom is -0.486 e. The van der Waals surface area contributed by atoms with Crippen molar-refractivity contribution in [3.63, 3.8) is 0 Å². The van der Waals surface area contributed by atoms with Crippen molar-refractivity contribution in [2.45, 2.75) is 33.6 Å². The van der Waals surface area contributed by atoms with Crippen LogP contribution < -0.4 is 9.47 Å². The molecule has 1 unspecified atom stereocenters. The Morgan fingerprint density at radius 1 is 1.03 bits per heavy atom. The smallest absolute Gasteiger partial charge is 0.197 e. The van der Waals surface area contributed by atoms with Gasteiger partial charge in [-0.2, -0.15) is 0 Å². The Bertz CT molecular complexity index is 1260. The molecule has 0 bridgehead atoms. The second kappa shape index (κ2) is 10.9. The van der Waals surface area contributed by atoms with Crippen molar-refractivity contribution in [2.75, 3.05) is 19.8 Å². The van der Waals surface area contributed by atoms with E-state index in [-0.39, 0.29) is 24.1 Å². The van der Waals surface area contributed by atoms with E-state index >= 15 is 4.39 Å².